The molecule has 386 valence electrons. The van der Waals surface area contributed by atoms with Crippen LogP contribution in [0.3, 0.4) is 0 Å². The summed E-state index contributed by atoms with van der Waals surface area (Å²) in [5, 5.41) is 0.325. The Kier molecular flexibility index (Phi) is 21.3. The van der Waals surface area contributed by atoms with E-state index < -0.39 is 61.4 Å². The van der Waals surface area contributed by atoms with Crippen molar-refractivity contribution in [2.75, 3.05) is 33.4 Å². The molecule has 2 aliphatic heterocycles. The molecule has 0 unspecified atom stereocenters. The number of hydrogen-bond acceptors (Lipinski definition) is 12. The van der Waals surface area contributed by atoms with Crippen LogP contribution in [-0.2, 0) is 91.7 Å². The molecule has 73 heavy (non-hydrogen) atoms. The number of ether oxygens (including phenoxy) is 11. The van der Waals surface area contributed by atoms with Gasteiger partial charge < -0.3 is 57.0 Å². The Morgan fingerprint density at radius 2 is 0.726 bits per heavy atom. The third-order valence-electron chi connectivity index (χ3n) is 12.9. The molecule has 0 spiro atoms. The van der Waals surface area contributed by atoms with E-state index in [0.29, 0.717) is 31.5 Å². The zero-order valence-corrected chi connectivity index (χ0v) is 42.8. The molecule has 0 aromatic heterocycles. The van der Waals surface area contributed by atoms with Crippen LogP contribution < -0.4 is 0 Å². The van der Waals surface area contributed by atoms with Crippen molar-refractivity contribution in [1.82, 2.24) is 4.90 Å². The van der Waals surface area contributed by atoms with E-state index in [9.17, 15) is 0 Å². The van der Waals surface area contributed by atoms with Crippen LogP contribution in [0.5, 0.6) is 0 Å². The van der Waals surface area contributed by atoms with Gasteiger partial charge in [-0.25, -0.2) is 0 Å². The Labute approximate surface area is 436 Å². The molecule has 2 aliphatic rings. The molecule has 0 bridgehead atoms. The van der Waals surface area contributed by atoms with Crippen LogP contribution in [0.25, 0.3) is 0 Å². The van der Waals surface area contributed by atoms with Crippen LogP contribution >= 0.6 is 12.2 Å². The first-order valence-electron chi connectivity index (χ1n) is 25.3. The molecule has 2 saturated heterocycles. The number of rotatable bonds is 26. The lowest BCUT2D eigenvalue weighted by Crippen LogP contribution is -2.64. The van der Waals surface area contributed by atoms with Gasteiger partial charge in [-0.3, -0.25) is 0 Å². The predicted octanol–water partition coefficient (Wildman–Crippen LogP) is 10.3. The van der Waals surface area contributed by atoms with Gasteiger partial charge in [0, 0.05) is 20.2 Å². The standard InChI is InChI=1S/C60H69NO11S/c1-4-61(5-2)60(73)72-53-50(42-63-36-44-24-12-6-13-25-44)71-59(57(68-41-49-34-22-11-23-35-49)55(53)66-39-47-30-18-9-19-31-47)69-43-51-52(64-37-45-26-14-7-15-27-45)54(65-38-46-28-16-8-17-29-46)56(58(62-3)70-51)67-40-48-32-20-10-21-33-48/h6-35,50-59H,4-5,36-43H2,1-3H3/t50-,51-,52-,53-,54+,55+,56-,57-,58+,59+/m1/s1. The van der Waals surface area contributed by atoms with Gasteiger partial charge in [0.1, 0.15) is 42.7 Å². The highest BCUT2D eigenvalue weighted by atomic mass is 32.1. The van der Waals surface area contributed by atoms with Crippen LogP contribution in [0.4, 0.5) is 0 Å². The summed E-state index contributed by atoms with van der Waals surface area (Å²) in [5.74, 6) is 0. The third-order valence-corrected chi connectivity index (χ3v) is 13.3. The van der Waals surface area contributed by atoms with Crippen molar-refractivity contribution in [3.05, 3.63) is 215 Å². The summed E-state index contributed by atoms with van der Waals surface area (Å²) in [7, 11) is 1.61. The van der Waals surface area contributed by atoms with E-state index in [-0.39, 0.29) is 39.6 Å². The fourth-order valence-electron chi connectivity index (χ4n) is 8.99. The lowest BCUT2D eigenvalue weighted by Gasteiger charge is -2.48. The lowest BCUT2D eigenvalue weighted by atomic mass is 9.97. The molecular formula is C60H69NO11S. The molecule has 2 fully saturated rings. The second kappa shape index (κ2) is 28.9. The molecule has 0 saturated carbocycles. The summed E-state index contributed by atoms with van der Waals surface area (Å²) < 4.78 is 75.0. The number of methoxy groups -OCH3 is 1. The highest BCUT2D eigenvalue weighted by molar-refractivity contribution is 7.80. The number of nitrogens with zero attached hydrogens (tertiary/aromatic N) is 1. The van der Waals surface area contributed by atoms with Crippen LogP contribution in [-0.4, -0.2) is 105 Å². The van der Waals surface area contributed by atoms with Gasteiger partial charge in [0.15, 0.2) is 18.7 Å². The maximum absolute atomic E-state index is 7.08. The summed E-state index contributed by atoms with van der Waals surface area (Å²) in [6, 6.07) is 60.1. The molecule has 0 radical (unpaired) electrons. The van der Waals surface area contributed by atoms with E-state index in [2.05, 4.69) is 0 Å². The summed E-state index contributed by atoms with van der Waals surface area (Å²) in [6.07, 6.45) is -7.91. The zero-order valence-electron chi connectivity index (χ0n) is 42.0. The van der Waals surface area contributed by atoms with E-state index in [1.54, 1.807) is 7.11 Å². The first-order chi connectivity index (χ1) is 36.0. The van der Waals surface area contributed by atoms with Crippen LogP contribution in [0.1, 0.15) is 47.2 Å². The van der Waals surface area contributed by atoms with Crippen molar-refractivity contribution in [3.63, 3.8) is 0 Å². The Hall–Kier alpha value is -5.39. The topological polar surface area (TPSA) is 105 Å². The average molecular weight is 1010 g/mol. The molecule has 13 heteroatoms. The molecule has 0 N–H and O–H groups in total. The van der Waals surface area contributed by atoms with Gasteiger partial charge in [-0.15, -0.1) is 0 Å². The molecule has 12 nitrogen and oxygen atoms in total. The molecule has 8 rings (SSSR count). The van der Waals surface area contributed by atoms with Gasteiger partial charge in [0.25, 0.3) is 5.17 Å². The van der Waals surface area contributed by atoms with E-state index in [1.165, 1.54) is 0 Å². The SMILES string of the molecule is CCN(CC)C(=S)O[C@H]1[C@H](OCc2ccccc2)[C@@H](OCc2ccccc2)[C@@H](OC[C@H]2O[C@H](OC)[C@H](OCc3ccccc3)[C@@H](OCc3ccccc3)[C@@H]2OCc2ccccc2)O[C@@H]1COCc1ccccc1. The zero-order chi connectivity index (χ0) is 50.5. The van der Waals surface area contributed by atoms with Gasteiger partial charge >= 0.3 is 0 Å². The van der Waals surface area contributed by atoms with E-state index in [1.807, 2.05) is 201 Å². The second-order valence-corrected chi connectivity index (χ2v) is 18.3. The van der Waals surface area contributed by atoms with Crippen molar-refractivity contribution in [1.29, 1.82) is 0 Å². The van der Waals surface area contributed by atoms with E-state index in [0.717, 1.165) is 33.4 Å². The lowest BCUT2D eigenvalue weighted by molar-refractivity contribution is -0.347. The summed E-state index contributed by atoms with van der Waals surface area (Å²) in [6.45, 7) is 7.16. The Morgan fingerprint density at radius 1 is 0.397 bits per heavy atom. The molecule has 2 heterocycles. The van der Waals surface area contributed by atoms with Gasteiger partial charge in [-0.2, -0.15) is 0 Å². The van der Waals surface area contributed by atoms with Gasteiger partial charge in [0.2, 0.25) is 0 Å². The van der Waals surface area contributed by atoms with Crippen molar-refractivity contribution >= 4 is 17.4 Å². The fraction of sp³-hybridized carbons (Fsp3) is 0.383. The summed E-state index contributed by atoms with van der Waals surface area (Å²) in [4.78, 5) is 1.99. The predicted molar refractivity (Wildman–Crippen MR) is 282 cm³/mol. The minimum atomic E-state index is -1.04. The quantitative estimate of drug-likeness (QED) is 0.0482. The van der Waals surface area contributed by atoms with Crippen LogP contribution in [0.15, 0.2) is 182 Å². The van der Waals surface area contributed by atoms with Gasteiger partial charge in [-0.1, -0.05) is 182 Å². The number of hydrogen-bond donors (Lipinski definition) is 0. The highest BCUT2D eigenvalue weighted by Crippen LogP contribution is 2.35. The summed E-state index contributed by atoms with van der Waals surface area (Å²) >= 11 is 6.00. The Bertz CT molecular complexity index is 2440. The number of benzene rings is 6. The highest BCUT2D eigenvalue weighted by Gasteiger charge is 2.53. The maximum atomic E-state index is 7.08. The maximum Gasteiger partial charge on any atom is 0.259 e. The van der Waals surface area contributed by atoms with Crippen molar-refractivity contribution in [3.8, 4) is 0 Å². The van der Waals surface area contributed by atoms with Gasteiger partial charge in [0.05, 0.1) is 52.9 Å². The first kappa shape index (κ1) is 53.9. The fourth-order valence-corrected chi connectivity index (χ4v) is 9.36. The Morgan fingerprint density at radius 3 is 1.12 bits per heavy atom. The third kappa shape index (κ3) is 15.8. The average Bonchev–Trinajstić information content (AvgIpc) is 3.44. The van der Waals surface area contributed by atoms with E-state index >= 15 is 0 Å². The number of thiocarbonyl (C=S) groups is 1. The molecule has 10 atom stereocenters. The van der Waals surface area contributed by atoms with E-state index in [4.69, 9.17) is 64.3 Å². The molecule has 6 aromatic carbocycles. The first-order valence-corrected chi connectivity index (χ1v) is 25.7. The molecule has 0 amide bonds. The van der Waals surface area contributed by atoms with Gasteiger partial charge in [-0.05, 0) is 59.4 Å². The monoisotopic (exact) mass is 1010 g/mol. The van der Waals surface area contributed by atoms with Crippen LogP contribution in [0, 0.1) is 0 Å². The molecule has 6 aromatic rings. The normalized spacial score (nSPS) is 23.9. The van der Waals surface area contributed by atoms with Crippen molar-refractivity contribution in [2.45, 2.75) is 115 Å². The van der Waals surface area contributed by atoms with Crippen molar-refractivity contribution < 1.29 is 52.1 Å². The minimum absolute atomic E-state index is 0.0296. The second-order valence-electron chi connectivity index (χ2n) is 18.0. The summed E-state index contributed by atoms with van der Waals surface area (Å²) in [5.41, 5.74) is 5.92. The molecule has 0 aliphatic carbocycles. The smallest absolute Gasteiger partial charge is 0.259 e. The minimum Gasteiger partial charge on any atom is -0.462 e. The molecular weight excluding hydrogens is 943 g/mol. The Balaban J connectivity index is 1.14. The van der Waals surface area contributed by atoms with Crippen molar-refractivity contribution in [2.24, 2.45) is 0 Å². The largest absolute Gasteiger partial charge is 0.462 e. The van der Waals surface area contributed by atoms with Crippen LogP contribution in [0.2, 0.25) is 0 Å².